The van der Waals surface area contributed by atoms with Gasteiger partial charge in [0, 0.05) is 37.3 Å². The van der Waals surface area contributed by atoms with Crippen LogP contribution in [-0.4, -0.2) is 44.5 Å². The summed E-state index contributed by atoms with van der Waals surface area (Å²) in [5.41, 5.74) is 0.131. The summed E-state index contributed by atoms with van der Waals surface area (Å²) in [6.07, 6.45) is 3.47. The third-order valence-electron chi connectivity index (χ3n) is 5.27. The van der Waals surface area contributed by atoms with E-state index < -0.39 is 11.4 Å². The van der Waals surface area contributed by atoms with Crippen molar-refractivity contribution in [1.82, 2.24) is 14.5 Å². The maximum atomic E-state index is 12.8. The number of carbonyl (C=O) groups excluding carboxylic acids is 1. The summed E-state index contributed by atoms with van der Waals surface area (Å²) in [6, 6.07) is 1.78. The molecule has 0 spiro atoms. The number of aromatic nitrogens is 3. The number of nitrogens with zero attached hydrogens (tertiary/aromatic N) is 4. The van der Waals surface area contributed by atoms with Gasteiger partial charge < -0.3 is 10.0 Å². The van der Waals surface area contributed by atoms with Crippen molar-refractivity contribution in [3.05, 3.63) is 45.2 Å². The lowest BCUT2D eigenvalue weighted by atomic mass is 9.90. The number of carboxylic acid groups (broad SMARTS) is 1. The number of hydrogen-bond acceptors (Lipinski definition) is 7. The molecule has 0 aromatic carbocycles. The molecule has 4 rings (SSSR count). The molecule has 3 aromatic rings. The van der Waals surface area contributed by atoms with Crippen molar-refractivity contribution < 1.29 is 14.7 Å². The molecule has 156 valence electrons. The molecule has 30 heavy (non-hydrogen) atoms. The number of aromatic carboxylic acids is 1. The Morgan fingerprint density at radius 2 is 2.07 bits per heavy atom. The van der Waals surface area contributed by atoms with Crippen molar-refractivity contribution in [1.29, 1.82) is 0 Å². The van der Waals surface area contributed by atoms with E-state index in [0.29, 0.717) is 47.6 Å². The minimum Gasteiger partial charge on any atom is -0.477 e. The summed E-state index contributed by atoms with van der Waals surface area (Å²) >= 11 is 1.33. The van der Waals surface area contributed by atoms with E-state index in [1.165, 1.54) is 17.5 Å². The number of Topliss-reactive ketones (excluding diaryl/α,β-unsaturated/α-hetero) is 1. The molecule has 4 heterocycles. The molecule has 0 saturated carbocycles. The number of hydrogen-bond donors (Lipinski definition) is 1. The molecule has 0 atom stereocenters. The number of aryl methyl sites for hydroxylation is 1. The van der Waals surface area contributed by atoms with E-state index >= 15 is 0 Å². The Labute approximate surface area is 176 Å². The van der Waals surface area contributed by atoms with Crippen LogP contribution in [0, 0.1) is 18.8 Å². The maximum absolute atomic E-state index is 12.8. The molecule has 0 unspecified atom stereocenters. The molecule has 1 saturated heterocycles. The van der Waals surface area contributed by atoms with Crippen molar-refractivity contribution >= 4 is 39.9 Å². The lowest BCUT2D eigenvalue weighted by Gasteiger charge is -2.39. The smallest absolute Gasteiger partial charge is 0.341 e. The fraction of sp³-hybridized carbons (Fsp3) is 0.381. The van der Waals surface area contributed by atoms with Crippen LogP contribution in [0.15, 0.2) is 28.6 Å². The molecule has 0 radical (unpaired) electrons. The van der Waals surface area contributed by atoms with Crippen LogP contribution in [0.25, 0.3) is 16.2 Å². The molecule has 9 heteroatoms. The standard InChI is InChI=1S/C21H22N4O4S/c1-11(2)6-15(26)13-8-24(9-13)16-7-12(3)17-18(27)14(20(28)29)10-25(19(17)23-16)21-22-4-5-30-21/h4-5,7,10-11,13H,6,8-9H2,1-3H3,(H,28,29). The average Bonchev–Trinajstić information content (AvgIpc) is 3.13. The Kier molecular flexibility index (Phi) is 5.15. The zero-order chi connectivity index (χ0) is 21.6. The highest BCUT2D eigenvalue weighted by Gasteiger charge is 2.34. The second-order valence-corrected chi connectivity index (χ2v) is 8.90. The fourth-order valence-electron chi connectivity index (χ4n) is 3.71. The number of ketones is 1. The molecule has 1 fully saturated rings. The summed E-state index contributed by atoms with van der Waals surface area (Å²) in [5.74, 6) is -0.0136. The maximum Gasteiger partial charge on any atom is 0.341 e. The highest BCUT2D eigenvalue weighted by Crippen LogP contribution is 2.29. The van der Waals surface area contributed by atoms with Crippen LogP contribution >= 0.6 is 11.3 Å². The van der Waals surface area contributed by atoms with Gasteiger partial charge in [-0.3, -0.25) is 14.2 Å². The quantitative estimate of drug-likeness (QED) is 0.646. The van der Waals surface area contributed by atoms with Gasteiger partial charge in [0.1, 0.15) is 17.2 Å². The Morgan fingerprint density at radius 3 is 2.67 bits per heavy atom. The topological polar surface area (TPSA) is 105 Å². The average molecular weight is 426 g/mol. The van der Waals surface area contributed by atoms with Crippen LogP contribution in [0.2, 0.25) is 0 Å². The van der Waals surface area contributed by atoms with Gasteiger partial charge in [0.25, 0.3) is 0 Å². The zero-order valence-electron chi connectivity index (χ0n) is 17.0. The zero-order valence-corrected chi connectivity index (χ0v) is 17.8. The van der Waals surface area contributed by atoms with E-state index in [0.717, 1.165) is 0 Å². The van der Waals surface area contributed by atoms with Crippen LogP contribution in [-0.2, 0) is 4.79 Å². The molecule has 1 N–H and O–H groups in total. The predicted molar refractivity (Wildman–Crippen MR) is 115 cm³/mol. The molecular weight excluding hydrogens is 404 g/mol. The van der Waals surface area contributed by atoms with Crippen molar-refractivity contribution in [3.8, 4) is 5.13 Å². The Balaban J connectivity index is 1.78. The first-order valence-corrected chi connectivity index (χ1v) is 10.6. The van der Waals surface area contributed by atoms with Gasteiger partial charge in [-0.25, -0.2) is 14.8 Å². The molecule has 0 aliphatic carbocycles. The summed E-state index contributed by atoms with van der Waals surface area (Å²) in [7, 11) is 0. The first kappa shape index (κ1) is 20.2. The van der Waals surface area contributed by atoms with E-state index in [1.807, 2.05) is 18.7 Å². The molecule has 0 bridgehead atoms. The first-order valence-electron chi connectivity index (χ1n) is 9.74. The third-order valence-corrected chi connectivity index (χ3v) is 6.04. The van der Waals surface area contributed by atoms with E-state index in [4.69, 9.17) is 0 Å². The lowest BCUT2D eigenvalue weighted by Crippen LogP contribution is -2.51. The van der Waals surface area contributed by atoms with Gasteiger partial charge in [0.05, 0.1) is 11.3 Å². The second-order valence-electron chi connectivity index (χ2n) is 8.02. The van der Waals surface area contributed by atoms with E-state index in [2.05, 4.69) is 9.97 Å². The Morgan fingerprint density at radius 1 is 1.33 bits per heavy atom. The molecule has 1 aliphatic rings. The lowest BCUT2D eigenvalue weighted by molar-refractivity contribution is -0.124. The van der Waals surface area contributed by atoms with Crippen LogP contribution in [0.3, 0.4) is 0 Å². The number of thiazole rings is 1. The van der Waals surface area contributed by atoms with Gasteiger partial charge in [-0.05, 0) is 24.5 Å². The minimum absolute atomic E-state index is 0.000690. The predicted octanol–water partition coefficient (Wildman–Crippen LogP) is 2.90. The number of fused-ring (bicyclic) bond motifs is 1. The van der Waals surface area contributed by atoms with Gasteiger partial charge in [0.2, 0.25) is 5.43 Å². The number of carbonyl (C=O) groups is 2. The fourth-order valence-corrected chi connectivity index (χ4v) is 4.33. The number of anilines is 1. The van der Waals surface area contributed by atoms with E-state index in [-0.39, 0.29) is 22.7 Å². The van der Waals surface area contributed by atoms with Crippen molar-refractivity contribution in [3.63, 3.8) is 0 Å². The van der Waals surface area contributed by atoms with Gasteiger partial charge in [-0.15, -0.1) is 11.3 Å². The highest BCUT2D eigenvalue weighted by molar-refractivity contribution is 7.12. The Hall–Kier alpha value is -3.07. The minimum atomic E-state index is -1.29. The normalized spacial score (nSPS) is 14.3. The molecular formula is C21H22N4O4S. The van der Waals surface area contributed by atoms with Gasteiger partial charge in [0.15, 0.2) is 10.8 Å². The SMILES string of the molecule is Cc1cc(N2CC(C(=O)CC(C)C)C2)nc2c1c(=O)c(C(=O)O)cn2-c1nccs1. The molecule has 1 aliphatic heterocycles. The molecule has 8 nitrogen and oxygen atoms in total. The van der Waals surface area contributed by atoms with Crippen LogP contribution in [0.4, 0.5) is 5.82 Å². The number of carboxylic acids is 1. The van der Waals surface area contributed by atoms with Crippen molar-refractivity contribution in [2.24, 2.45) is 11.8 Å². The first-order chi connectivity index (χ1) is 14.3. The van der Waals surface area contributed by atoms with E-state index in [1.54, 1.807) is 29.1 Å². The highest BCUT2D eigenvalue weighted by atomic mass is 32.1. The third kappa shape index (κ3) is 3.49. The van der Waals surface area contributed by atoms with Crippen molar-refractivity contribution in [2.75, 3.05) is 18.0 Å². The molecule has 0 amide bonds. The molecule has 3 aromatic heterocycles. The summed E-state index contributed by atoms with van der Waals surface area (Å²) < 4.78 is 1.56. The Bertz CT molecular complexity index is 1190. The van der Waals surface area contributed by atoms with Crippen LogP contribution < -0.4 is 10.3 Å². The number of pyridine rings is 2. The van der Waals surface area contributed by atoms with Crippen molar-refractivity contribution in [2.45, 2.75) is 27.2 Å². The summed E-state index contributed by atoms with van der Waals surface area (Å²) in [4.78, 5) is 47.7. The largest absolute Gasteiger partial charge is 0.477 e. The monoisotopic (exact) mass is 426 g/mol. The summed E-state index contributed by atoms with van der Waals surface area (Å²) in [5, 5.41) is 12.0. The second kappa shape index (κ2) is 7.64. The summed E-state index contributed by atoms with van der Waals surface area (Å²) in [6.45, 7) is 7.03. The van der Waals surface area contributed by atoms with Gasteiger partial charge >= 0.3 is 5.97 Å². The van der Waals surface area contributed by atoms with E-state index in [9.17, 15) is 19.5 Å². The van der Waals surface area contributed by atoms with Crippen LogP contribution in [0.1, 0.15) is 36.2 Å². The van der Waals surface area contributed by atoms with Gasteiger partial charge in [-0.1, -0.05) is 13.8 Å². The van der Waals surface area contributed by atoms with Gasteiger partial charge in [-0.2, -0.15) is 0 Å². The van der Waals surface area contributed by atoms with Crippen LogP contribution in [0.5, 0.6) is 0 Å². The number of rotatable bonds is 6.